The summed E-state index contributed by atoms with van der Waals surface area (Å²) in [5.74, 6) is -0.979. The van der Waals surface area contributed by atoms with E-state index in [4.69, 9.17) is 16.3 Å². The van der Waals surface area contributed by atoms with Crippen LogP contribution in [-0.2, 0) is 26.2 Å². The molecule has 0 saturated carbocycles. The maximum Gasteiger partial charge on any atom is 0.264 e. The lowest BCUT2D eigenvalue weighted by molar-refractivity contribution is -0.140. The molecule has 0 heterocycles. The predicted molar refractivity (Wildman–Crippen MR) is 163 cm³/mol. The molecule has 0 bridgehead atoms. The number of nitrogens with one attached hydrogen (secondary N) is 1. The number of carbonyl (C=O) groups excluding carboxylic acids is 2. The molecular weight excluding hydrogens is 581 g/mol. The minimum Gasteiger partial charge on any atom is -0.494 e. The van der Waals surface area contributed by atoms with Gasteiger partial charge in [0.25, 0.3) is 10.0 Å². The van der Waals surface area contributed by atoms with E-state index >= 15 is 0 Å². The predicted octanol–water partition coefficient (Wildman–Crippen LogP) is 5.80. The summed E-state index contributed by atoms with van der Waals surface area (Å²) in [6.45, 7) is 7.31. The SMILES string of the molecule is CCOc1ccc(N(CC(=O)N(Cc2ccc(Cl)cc2)[C@H](CC)C(=O)N[C@@H](C)CC)S(=O)(=O)c2ccc(F)cc2)cc1. The Bertz CT molecular complexity index is 1430. The molecule has 0 fully saturated rings. The van der Waals surface area contributed by atoms with E-state index < -0.39 is 34.3 Å². The van der Waals surface area contributed by atoms with Crippen molar-refractivity contribution >= 4 is 39.1 Å². The van der Waals surface area contributed by atoms with Crippen molar-refractivity contribution in [2.75, 3.05) is 17.5 Å². The van der Waals surface area contributed by atoms with Gasteiger partial charge in [0.2, 0.25) is 11.8 Å². The number of amides is 2. The van der Waals surface area contributed by atoms with Crippen molar-refractivity contribution in [2.24, 2.45) is 0 Å². The molecule has 3 aromatic rings. The normalized spacial score (nSPS) is 12.7. The Hall–Kier alpha value is -3.63. The lowest BCUT2D eigenvalue weighted by Gasteiger charge is -2.33. The topological polar surface area (TPSA) is 96.0 Å². The summed E-state index contributed by atoms with van der Waals surface area (Å²) >= 11 is 6.06. The standard InChI is InChI=1S/C31H37ClFN3O5S/c1-5-22(4)34-31(38)29(6-2)35(20-23-8-10-24(32)11-9-23)30(37)21-36(26-14-16-27(17-15-26)41-7-3)42(39,40)28-18-12-25(33)13-19-28/h8-19,22,29H,5-7,20-21H2,1-4H3,(H,34,38)/t22-,29+/m0/s1. The second-order valence-electron chi connectivity index (χ2n) is 9.78. The maximum atomic E-state index is 14.1. The second kappa shape index (κ2) is 15.0. The van der Waals surface area contributed by atoms with E-state index in [9.17, 15) is 22.4 Å². The minimum absolute atomic E-state index is 0.0517. The molecule has 11 heteroatoms. The van der Waals surface area contributed by atoms with Gasteiger partial charge in [0.05, 0.1) is 17.2 Å². The molecule has 0 aliphatic carbocycles. The number of nitrogens with zero attached hydrogens (tertiary/aromatic N) is 2. The van der Waals surface area contributed by atoms with Gasteiger partial charge in [-0.25, -0.2) is 12.8 Å². The first-order chi connectivity index (χ1) is 20.0. The van der Waals surface area contributed by atoms with Crippen molar-refractivity contribution in [2.45, 2.75) is 64.1 Å². The Morgan fingerprint density at radius 2 is 1.55 bits per heavy atom. The zero-order valence-electron chi connectivity index (χ0n) is 24.2. The number of benzene rings is 3. The zero-order chi connectivity index (χ0) is 30.9. The average molecular weight is 618 g/mol. The van der Waals surface area contributed by atoms with Crippen LogP contribution in [0, 0.1) is 5.82 Å². The van der Waals surface area contributed by atoms with Gasteiger partial charge in [0.1, 0.15) is 24.2 Å². The van der Waals surface area contributed by atoms with Crippen molar-refractivity contribution in [3.8, 4) is 5.75 Å². The average Bonchev–Trinajstić information content (AvgIpc) is 2.97. The number of sulfonamides is 1. The van der Waals surface area contributed by atoms with Crippen LogP contribution in [0.15, 0.2) is 77.7 Å². The largest absolute Gasteiger partial charge is 0.494 e. The van der Waals surface area contributed by atoms with Crippen LogP contribution in [0.2, 0.25) is 5.02 Å². The quantitative estimate of drug-likeness (QED) is 0.247. The molecule has 3 rings (SSSR count). The van der Waals surface area contributed by atoms with Gasteiger partial charge < -0.3 is 15.0 Å². The molecule has 0 spiro atoms. The van der Waals surface area contributed by atoms with Crippen LogP contribution in [0.3, 0.4) is 0 Å². The van der Waals surface area contributed by atoms with E-state index in [1.54, 1.807) is 43.3 Å². The molecule has 3 aromatic carbocycles. The summed E-state index contributed by atoms with van der Waals surface area (Å²) < 4.78 is 47.9. The number of carbonyl (C=O) groups is 2. The third-order valence-corrected chi connectivity index (χ3v) is 8.81. The van der Waals surface area contributed by atoms with Gasteiger partial charge in [-0.1, -0.05) is 37.6 Å². The molecule has 0 aliphatic rings. The van der Waals surface area contributed by atoms with E-state index in [1.165, 1.54) is 17.0 Å². The Kier molecular flexibility index (Phi) is 11.8. The number of hydrogen-bond donors (Lipinski definition) is 1. The van der Waals surface area contributed by atoms with Gasteiger partial charge in [0, 0.05) is 17.6 Å². The summed E-state index contributed by atoms with van der Waals surface area (Å²) in [4.78, 5) is 28.6. The second-order valence-corrected chi connectivity index (χ2v) is 12.1. The molecule has 0 saturated heterocycles. The van der Waals surface area contributed by atoms with Gasteiger partial charge in [-0.3, -0.25) is 13.9 Å². The molecule has 2 amide bonds. The van der Waals surface area contributed by atoms with Crippen LogP contribution in [0.25, 0.3) is 0 Å². The number of halogens is 2. The van der Waals surface area contributed by atoms with Crippen molar-refractivity contribution in [1.82, 2.24) is 10.2 Å². The number of hydrogen-bond acceptors (Lipinski definition) is 5. The van der Waals surface area contributed by atoms with E-state index in [0.717, 1.165) is 34.1 Å². The lowest BCUT2D eigenvalue weighted by Crippen LogP contribution is -2.53. The van der Waals surface area contributed by atoms with Crippen LogP contribution in [-0.4, -0.2) is 50.4 Å². The van der Waals surface area contributed by atoms with Crippen molar-refractivity contribution < 1.29 is 27.1 Å². The highest BCUT2D eigenvalue weighted by Gasteiger charge is 2.34. The van der Waals surface area contributed by atoms with Crippen molar-refractivity contribution in [1.29, 1.82) is 0 Å². The Balaban J connectivity index is 2.05. The van der Waals surface area contributed by atoms with Gasteiger partial charge in [-0.15, -0.1) is 0 Å². The van der Waals surface area contributed by atoms with Crippen molar-refractivity contribution in [3.05, 3.63) is 89.2 Å². The zero-order valence-corrected chi connectivity index (χ0v) is 25.8. The summed E-state index contributed by atoms with van der Waals surface area (Å²) in [5.41, 5.74) is 0.927. The van der Waals surface area contributed by atoms with Gasteiger partial charge in [-0.2, -0.15) is 0 Å². The number of ether oxygens (including phenoxy) is 1. The van der Waals surface area contributed by atoms with E-state index in [1.807, 2.05) is 20.8 Å². The molecule has 0 radical (unpaired) electrons. The minimum atomic E-state index is -4.32. The monoisotopic (exact) mass is 617 g/mol. The molecular formula is C31H37ClFN3O5S. The Labute approximate surface area is 252 Å². The molecule has 0 aliphatic heterocycles. The van der Waals surface area contributed by atoms with Crippen molar-refractivity contribution in [3.63, 3.8) is 0 Å². The highest BCUT2D eigenvalue weighted by molar-refractivity contribution is 7.92. The smallest absolute Gasteiger partial charge is 0.264 e. The highest BCUT2D eigenvalue weighted by atomic mass is 35.5. The third kappa shape index (κ3) is 8.45. The summed E-state index contributed by atoms with van der Waals surface area (Å²) in [7, 11) is -4.32. The number of anilines is 1. The van der Waals surface area contributed by atoms with Crippen LogP contribution in [0.4, 0.5) is 10.1 Å². The fraction of sp³-hybridized carbons (Fsp3) is 0.355. The molecule has 8 nitrogen and oxygen atoms in total. The molecule has 2 atom stereocenters. The molecule has 0 aromatic heterocycles. The van der Waals surface area contributed by atoms with Gasteiger partial charge >= 0.3 is 0 Å². The Morgan fingerprint density at radius 1 is 0.929 bits per heavy atom. The van der Waals surface area contributed by atoms with Gasteiger partial charge in [0.15, 0.2) is 0 Å². The Morgan fingerprint density at radius 3 is 2.10 bits per heavy atom. The summed E-state index contributed by atoms with van der Waals surface area (Å²) in [6.07, 6.45) is 1.00. The molecule has 226 valence electrons. The first-order valence-corrected chi connectivity index (χ1v) is 15.7. The summed E-state index contributed by atoms with van der Waals surface area (Å²) in [6, 6.07) is 16.6. The first kappa shape index (κ1) is 32.9. The van der Waals surface area contributed by atoms with Crippen LogP contribution in [0.5, 0.6) is 5.75 Å². The third-order valence-electron chi connectivity index (χ3n) is 6.77. The van der Waals surface area contributed by atoms with Crippen LogP contribution >= 0.6 is 11.6 Å². The van der Waals surface area contributed by atoms with E-state index in [-0.39, 0.29) is 29.1 Å². The number of rotatable bonds is 14. The van der Waals surface area contributed by atoms with Crippen LogP contribution < -0.4 is 14.4 Å². The summed E-state index contributed by atoms with van der Waals surface area (Å²) in [5, 5.41) is 3.46. The van der Waals surface area contributed by atoms with E-state index in [2.05, 4.69) is 5.32 Å². The first-order valence-electron chi connectivity index (χ1n) is 13.9. The lowest BCUT2D eigenvalue weighted by atomic mass is 10.1. The van der Waals surface area contributed by atoms with Gasteiger partial charge in [-0.05, 0) is 92.9 Å². The fourth-order valence-electron chi connectivity index (χ4n) is 4.28. The molecule has 42 heavy (non-hydrogen) atoms. The van der Waals surface area contributed by atoms with Crippen LogP contribution in [0.1, 0.15) is 46.1 Å². The van der Waals surface area contributed by atoms with E-state index in [0.29, 0.717) is 30.2 Å². The fourth-order valence-corrected chi connectivity index (χ4v) is 5.83. The molecule has 1 N–H and O–H groups in total. The molecule has 0 unspecified atom stereocenters. The maximum absolute atomic E-state index is 14.1. The highest BCUT2D eigenvalue weighted by Crippen LogP contribution is 2.27.